The summed E-state index contributed by atoms with van der Waals surface area (Å²) in [6, 6.07) is 67.8. The van der Waals surface area contributed by atoms with Crippen LogP contribution in [0.1, 0.15) is 0 Å². The first-order valence-corrected chi connectivity index (χ1v) is 20.1. The first-order valence-electron chi connectivity index (χ1n) is 18.5. The van der Waals surface area contributed by atoms with Gasteiger partial charge in [0.05, 0.1) is 0 Å². The van der Waals surface area contributed by atoms with Crippen molar-refractivity contribution in [2.75, 3.05) is 0 Å². The second-order valence-corrected chi connectivity index (χ2v) is 16.4. The van der Waals surface area contributed by atoms with E-state index in [1.807, 2.05) is 22.7 Å². The molecule has 10 aromatic carbocycles. The zero-order chi connectivity index (χ0) is 35.3. The Hall–Kier alpha value is -6.32. The molecule has 0 aliphatic heterocycles. The molecule has 0 bridgehead atoms. The second-order valence-electron chi connectivity index (χ2n) is 14.3. The molecule has 2 heterocycles. The minimum atomic E-state index is 1.24. The molecule has 12 rings (SSSR count). The summed E-state index contributed by atoms with van der Waals surface area (Å²) in [5.74, 6) is 0. The van der Waals surface area contributed by atoms with Gasteiger partial charge in [-0.05, 0) is 95.2 Å². The van der Waals surface area contributed by atoms with Gasteiger partial charge in [0.2, 0.25) is 0 Å². The number of hydrogen-bond donors (Lipinski definition) is 0. The summed E-state index contributed by atoms with van der Waals surface area (Å²) in [7, 11) is 0. The number of hydrogen-bond acceptors (Lipinski definition) is 2. The normalized spacial score (nSPS) is 12.1. The van der Waals surface area contributed by atoms with Gasteiger partial charge in [0.1, 0.15) is 0 Å². The fourth-order valence-electron chi connectivity index (χ4n) is 9.13. The lowest BCUT2D eigenvalue weighted by molar-refractivity contribution is 1.66. The molecule has 0 radical (unpaired) electrons. The van der Waals surface area contributed by atoms with E-state index >= 15 is 0 Å². The summed E-state index contributed by atoms with van der Waals surface area (Å²) >= 11 is 3.86. The Morgan fingerprint density at radius 2 is 0.796 bits per heavy atom. The van der Waals surface area contributed by atoms with E-state index in [1.54, 1.807) is 0 Å². The van der Waals surface area contributed by atoms with Gasteiger partial charge in [0.15, 0.2) is 0 Å². The van der Waals surface area contributed by atoms with E-state index in [1.165, 1.54) is 117 Å². The van der Waals surface area contributed by atoms with Crippen molar-refractivity contribution in [1.82, 2.24) is 0 Å². The molecule has 0 nitrogen and oxygen atoms in total. The average molecular weight is 719 g/mol. The highest BCUT2D eigenvalue weighted by molar-refractivity contribution is 7.28. The first-order chi connectivity index (χ1) is 26.8. The molecule has 0 N–H and O–H groups in total. The summed E-state index contributed by atoms with van der Waals surface area (Å²) in [6.45, 7) is 0. The number of rotatable bonds is 3. The first kappa shape index (κ1) is 30.2. The summed E-state index contributed by atoms with van der Waals surface area (Å²) in [5, 5.41) is 15.6. The Balaban J connectivity index is 1.21. The smallest absolute Gasteiger partial charge is 0.0441 e. The Labute approximate surface area is 319 Å². The zero-order valence-corrected chi connectivity index (χ0v) is 30.8. The van der Waals surface area contributed by atoms with Crippen LogP contribution in [0.4, 0.5) is 0 Å². The van der Waals surface area contributed by atoms with Gasteiger partial charge in [-0.15, -0.1) is 22.7 Å². The largest absolute Gasteiger partial charge is 0.135 e. The Morgan fingerprint density at radius 1 is 0.278 bits per heavy atom. The molecule has 2 heteroatoms. The van der Waals surface area contributed by atoms with Crippen LogP contribution in [0.3, 0.4) is 0 Å². The van der Waals surface area contributed by atoms with Gasteiger partial charge in [0.25, 0.3) is 0 Å². The fourth-order valence-corrected chi connectivity index (χ4v) is 11.6. The van der Waals surface area contributed by atoms with E-state index in [0.29, 0.717) is 0 Å². The third-order valence-corrected chi connectivity index (χ3v) is 13.7. The van der Waals surface area contributed by atoms with Gasteiger partial charge in [-0.3, -0.25) is 0 Å². The Kier molecular flexibility index (Phi) is 6.48. The van der Waals surface area contributed by atoms with Crippen molar-refractivity contribution in [1.29, 1.82) is 0 Å². The third kappa shape index (κ3) is 4.30. The molecule has 0 atom stereocenters. The fraction of sp³-hybridized carbons (Fsp3) is 0. The number of benzene rings is 10. The Morgan fingerprint density at radius 3 is 1.46 bits per heavy atom. The SMILES string of the molecule is c1ccc(-c2c3ccccc3c(-c3ccc(-c4c5sc6cc7ccccc7cc6c5cc5sc6ccccc6c45)c4ccccc34)c3ccccc23)cc1. The predicted molar refractivity (Wildman–Crippen MR) is 239 cm³/mol. The van der Waals surface area contributed by atoms with Gasteiger partial charge in [0, 0.05) is 45.9 Å². The van der Waals surface area contributed by atoms with Crippen molar-refractivity contribution in [3.05, 3.63) is 182 Å². The van der Waals surface area contributed by atoms with Crippen molar-refractivity contribution in [2.45, 2.75) is 0 Å². The minimum Gasteiger partial charge on any atom is -0.135 e. The molecule has 0 saturated carbocycles. The molecule has 12 aromatic rings. The minimum absolute atomic E-state index is 1.24. The molecule has 54 heavy (non-hydrogen) atoms. The monoisotopic (exact) mass is 718 g/mol. The highest BCUT2D eigenvalue weighted by atomic mass is 32.1. The van der Waals surface area contributed by atoms with Crippen LogP contribution in [0.5, 0.6) is 0 Å². The van der Waals surface area contributed by atoms with E-state index in [-0.39, 0.29) is 0 Å². The average Bonchev–Trinajstić information content (AvgIpc) is 3.78. The molecule has 0 aliphatic carbocycles. The molecular formula is C52H30S2. The van der Waals surface area contributed by atoms with Crippen molar-refractivity contribution < 1.29 is 0 Å². The predicted octanol–water partition coefficient (Wildman–Crippen LogP) is 16.0. The van der Waals surface area contributed by atoms with Gasteiger partial charge in [-0.1, -0.05) is 158 Å². The molecule has 0 saturated heterocycles. The van der Waals surface area contributed by atoms with Crippen LogP contribution in [-0.2, 0) is 0 Å². The summed E-state index contributed by atoms with van der Waals surface area (Å²) in [5.41, 5.74) is 7.74. The summed E-state index contributed by atoms with van der Waals surface area (Å²) in [4.78, 5) is 0. The molecule has 0 amide bonds. The molecule has 0 fully saturated rings. The highest BCUT2D eigenvalue weighted by Gasteiger charge is 2.23. The number of fused-ring (bicyclic) bond motifs is 10. The van der Waals surface area contributed by atoms with E-state index in [2.05, 4.69) is 182 Å². The van der Waals surface area contributed by atoms with Gasteiger partial charge < -0.3 is 0 Å². The van der Waals surface area contributed by atoms with E-state index in [9.17, 15) is 0 Å². The summed E-state index contributed by atoms with van der Waals surface area (Å²) in [6.07, 6.45) is 0. The van der Waals surface area contributed by atoms with E-state index in [4.69, 9.17) is 0 Å². The van der Waals surface area contributed by atoms with Crippen LogP contribution in [0.2, 0.25) is 0 Å². The van der Waals surface area contributed by atoms with E-state index < -0.39 is 0 Å². The molecular weight excluding hydrogens is 689 g/mol. The molecule has 0 unspecified atom stereocenters. The lowest BCUT2D eigenvalue weighted by Crippen LogP contribution is -1.92. The van der Waals surface area contributed by atoms with Crippen LogP contribution in [0.25, 0.3) is 117 Å². The van der Waals surface area contributed by atoms with E-state index in [0.717, 1.165) is 0 Å². The van der Waals surface area contributed by atoms with Gasteiger partial charge in [-0.2, -0.15) is 0 Å². The maximum Gasteiger partial charge on any atom is 0.0441 e. The van der Waals surface area contributed by atoms with Crippen molar-refractivity contribution >= 4 is 106 Å². The third-order valence-electron chi connectivity index (χ3n) is 11.4. The lowest BCUT2D eigenvalue weighted by Gasteiger charge is -2.20. The van der Waals surface area contributed by atoms with Crippen molar-refractivity contribution in [3.63, 3.8) is 0 Å². The maximum atomic E-state index is 2.47. The second kappa shape index (κ2) is 11.6. The van der Waals surface area contributed by atoms with Crippen molar-refractivity contribution in [2.24, 2.45) is 0 Å². The Bertz CT molecular complexity index is 3430. The van der Waals surface area contributed by atoms with Gasteiger partial charge in [-0.25, -0.2) is 0 Å². The van der Waals surface area contributed by atoms with Crippen LogP contribution in [0.15, 0.2) is 182 Å². The topological polar surface area (TPSA) is 0 Å². The molecule has 250 valence electrons. The highest BCUT2D eigenvalue weighted by Crippen LogP contribution is 2.52. The lowest BCUT2D eigenvalue weighted by atomic mass is 9.83. The molecule has 0 spiro atoms. The molecule has 0 aliphatic rings. The van der Waals surface area contributed by atoms with Gasteiger partial charge >= 0.3 is 0 Å². The number of thiophene rings is 2. The van der Waals surface area contributed by atoms with Crippen LogP contribution < -0.4 is 0 Å². The molecule has 2 aromatic heterocycles. The van der Waals surface area contributed by atoms with Crippen LogP contribution >= 0.6 is 22.7 Å². The summed E-state index contributed by atoms with van der Waals surface area (Å²) < 4.78 is 5.37. The van der Waals surface area contributed by atoms with Crippen molar-refractivity contribution in [3.8, 4) is 33.4 Å². The zero-order valence-electron chi connectivity index (χ0n) is 29.1. The maximum absolute atomic E-state index is 2.47. The standard InChI is InChI=1S/C52H30S2/c1-2-14-31(15-3-1)48-36-20-8-10-22-38(36)49(39-23-11-9-21-37(39)48)40-26-27-41(35-19-7-6-18-34(35)40)51-50-42-24-12-13-25-45(42)53-47(50)30-44-43-28-32-16-4-5-17-33(32)29-46(43)54-52(44)51/h1-30H. The van der Waals surface area contributed by atoms with Crippen LogP contribution in [-0.4, -0.2) is 0 Å². The van der Waals surface area contributed by atoms with Crippen LogP contribution in [0, 0.1) is 0 Å². The quantitative estimate of drug-likeness (QED) is 0.160.